The quantitative estimate of drug-likeness (QED) is 0.0920. The van der Waals surface area contributed by atoms with Gasteiger partial charge >= 0.3 is 0 Å². The number of hydrogen-bond acceptors (Lipinski definition) is 2. The van der Waals surface area contributed by atoms with Gasteiger partial charge in [0.05, 0.1) is 0 Å². The normalized spacial score (nSPS) is 17.5. The highest BCUT2D eigenvalue weighted by Gasteiger charge is 2.86. The van der Waals surface area contributed by atoms with Crippen LogP contribution < -0.4 is 0 Å². The lowest BCUT2D eigenvalue weighted by molar-refractivity contribution is 0.470. The summed E-state index contributed by atoms with van der Waals surface area (Å²) >= 11 is 174. The minimum Gasteiger partial charge on any atom is -0.284 e. The summed E-state index contributed by atoms with van der Waals surface area (Å²) in [4.78, 5) is 0. The molecule has 1 N–H and O–H groups in total. The van der Waals surface area contributed by atoms with Crippen LogP contribution in [0.1, 0.15) is 0 Å². The molecule has 0 aliphatic rings. The van der Waals surface area contributed by atoms with Crippen molar-refractivity contribution in [2.75, 3.05) is 0 Å². The van der Waals surface area contributed by atoms with Crippen LogP contribution >= 0.6 is 717 Å². The zero-order valence-electron chi connectivity index (χ0n) is 29.7. The summed E-state index contributed by atoms with van der Waals surface area (Å²) in [6.45, 7) is 0. The van der Waals surface area contributed by atoms with E-state index in [9.17, 15) is 13.0 Å². The van der Waals surface area contributed by atoms with Gasteiger partial charge in [-0.25, -0.2) is 0 Å². The Morgan fingerprint density at radius 2 is 0.254 bits per heavy atom. The van der Waals surface area contributed by atoms with E-state index >= 15 is 0 Å². The van der Waals surface area contributed by atoms with Crippen LogP contribution in [-0.2, 0) is 10.1 Å². The van der Waals surface area contributed by atoms with Gasteiger partial charge in [0.15, 0.2) is 2.14 Å². The summed E-state index contributed by atoms with van der Waals surface area (Å²) < 4.78 is 3.04. The van der Waals surface area contributed by atoms with Crippen LogP contribution in [0.15, 0.2) is 0 Å². The lowest BCUT2D eigenvalue weighted by Gasteiger charge is -2.63. The minimum absolute atomic E-state index is 0.960. The van der Waals surface area contributed by atoms with Crippen molar-refractivity contribution < 1.29 is 13.0 Å². The molecule has 49 heteroatoms. The molecule has 0 atom stereocenters. The van der Waals surface area contributed by atoms with E-state index in [0.717, 1.165) is 0 Å². The highest BCUT2D eigenvalue weighted by atomic mass is 80.0. The molecular weight excluding hydrogens is 3940 g/mol. The first-order valence-corrected chi connectivity index (χ1v) is 51.6. The van der Waals surface area contributed by atoms with Crippen molar-refractivity contribution in [2.24, 2.45) is 0 Å². The highest BCUT2D eigenvalue weighted by molar-refractivity contribution is 9.43. The Labute approximate surface area is 788 Å². The number of alkyl halides is 45. The van der Waals surface area contributed by atoms with Gasteiger partial charge in [0.25, 0.3) is 10.1 Å². The lowest BCUT2D eigenvalue weighted by Crippen LogP contribution is -2.74. The maximum absolute atomic E-state index is 12.8. The van der Waals surface area contributed by atoms with Crippen LogP contribution in [0.25, 0.3) is 0 Å². The zero-order valence-corrected chi connectivity index (χ0v) is 102. The molecule has 0 aromatic heterocycles. The van der Waals surface area contributed by atoms with E-state index in [0.29, 0.717) is 0 Å². The SMILES string of the molecule is O=S(=O)(O)C(Br)(Br)C(Br)(Br)C(Br)(Br)C(Br)(Br)C(Br)(Br)C(Br)(Br)C(Br)(Br)C(Br)(Br)C(Br)(Br)C(Br)(Br)C(Br)(Br)C(Br)(Br)C(Br)(Br)C(Br)(Br)C(Br)(Br)C(Br)(Br)C(Br)(Br)C(Br)(Br)C(Br)(Br)C(Br)(Br)C(Br)(Br)C(Br)(Br)Br. The summed E-state index contributed by atoms with van der Waals surface area (Å²) in [5.74, 6) is 0. The molecule has 0 aromatic rings. The average Bonchev–Trinajstić information content (AvgIpc) is 3.11. The Balaban J connectivity index is 8.15. The van der Waals surface area contributed by atoms with Crippen molar-refractivity contribution in [3.8, 4) is 0 Å². The third-order valence-corrected chi connectivity index (χ3v) is 109. The Bertz CT molecular complexity index is 2080. The highest BCUT2D eigenvalue weighted by Crippen LogP contribution is 2.85. The fraction of sp³-hybridized carbons (Fsp3) is 1.00. The van der Waals surface area contributed by atoms with Gasteiger partial charge in [0.1, 0.15) is 64.7 Å². The molecule has 0 amide bonds. The molecule has 0 radical (unpaired) electrons. The first kappa shape index (κ1) is 92.5. The molecule has 71 heavy (non-hydrogen) atoms. The smallest absolute Gasteiger partial charge is 0.284 e. The van der Waals surface area contributed by atoms with Crippen LogP contribution in [0.5, 0.6) is 0 Å². The van der Waals surface area contributed by atoms with Gasteiger partial charge in [-0.15, -0.1) is 0 Å². The van der Waals surface area contributed by atoms with E-state index in [1.165, 1.54) is 0 Å². The van der Waals surface area contributed by atoms with Gasteiger partial charge in [0.2, 0.25) is 2.57 Å². The number of rotatable bonds is 21. The molecule has 3 nitrogen and oxygen atoms in total. The van der Waals surface area contributed by atoms with Crippen molar-refractivity contribution >= 4 is 727 Å². The standard InChI is InChI=1S/C22HBr45O3S/c23-1(24,3(27,28)5(31,32)7(35,36)9(39,40)11(43,44)13(47,48)15(51,52)17(55,56)19(59,60)21(63,64)65)2(25,26)4(29,30)6(33,34)8(37,38)10(41,42)12(45,46)14(49,50)16(53,54)18(57,58)20(61,62)22(66,67)71(68,69)70/h(H,68,69,70). The van der Waals surface area contributed by atoms with Gasteiger partial charge in [-0.1, -0.05) is 685 Å². The fourth-order valence-electron chi connectivity index (χ4n) is 4.07. The van der Waals surface area contributed by atoms with Crippen LogP contribution in [-0.4, -0.2) is 82.3 Å². The Morgan fingerprint density at radius 3 is 0.338 bits per heavy atom. The van der Waals surface area contributed by atoms with Crippen molar-refractivity contribution in [1.29, 1.82) is 0 Å². The molecule has 0 saturated heterocycles. The van der Waals surface area contributed by atoms with E-state index in [4.69, 9.17) is 0 Å². The Kier molecular flexibility index (Phi) is 38.4. The second-order valence-electron chi connectivity index (χ2n) is 13.0. The minimum atomic E-state index is -4.90. The summed E-state index contributed by atoms with van der Waals surface area (Å²) in [6, 6.07) is 0. The predicted molar refractivity (Wildman–Crippen MR) is 473 cm³/mol. The van der Waals surface area contributed by atoms with Gasteiger partial charge in [0, 0.05) is 0 Å². The topological polar surface area (TPSA) is 54.4 Å². The summed E-state index contributed by atoms with van der Waals surface area (Å²) in [5, 5.41) is 0. The molecule has 0 saturated carbocycles. The fourth-order valence-corrected chi connectivity index (χ4v) is 51.9. The maximum Gasteiger partial charge on any atom is 0.293 e. The second kappa shape index (κ2) is 29.5. The first-order valence-electron chi connectivity index (χ1n) is 14.5. The molecule has 0 aliphatic carbocycles. The number of halogens is 45. The molecule has 0 unspecified atom stereocenters. The zero-order chi connectivity index (χ0) is 59.5. The van der Waals surface area contributed by atoms with E-state index in [2.05, 4.69) is 717 Å². The van der Waals surface area contributed by atoms with Gasteiger partial charge in [-0.05, 0) is 31.9 Å². The summed E-state index contributed by atoms with van der Waals surface area (Å²) in [7, 11) is -4.90. The van der Waals surface area contributed by atoms with Crippen molar-refractivity contribution in [3.63, 3.8) is 0 Å². The van der Waals surface area contributed by atoms with Crippen LogP contribution in [0.4, 0.5) is 0 Å². The van der Waals surface area contributed by atoms with Gasteiger partial charge in [-0.3, -0.25) is 4.55 Å². The third kappa shape index (κ3) is 15.2. The van der Waals surface area contributed by atoms with E-state index < -0.39 is 79.5 Å². The van der Waals surface area contributed by atoms with E-state index in [-0.39, 0.29) is 0 Å². The first-order chi connectivity index (χ1) is 29.5. The van der Waals surface area contributed by atoms with Crippen molar-refractivity contribution in [2.45, 2.75) is 69.4 Å². The monoisotopic (exact) mass is 3900 g/mol. The predicted octanol–water partition coefficient (Wildman–Crippen LogP) is 32.9. The molecule has 428 valence electrons. The third-order valence-electron chi connectivity index (χ3n) is 8.54. The van der Waals surface area contributed by atoms with Gasteiger partial charge < -0.3 is 0 Å². The van der Waals surface area contributed by atoms with E-state index in [1.54, 1.807) is 0 Å². The Morgan fingerprint density at radius 1 is 0.169 bits per heavy atom. The summed E-state index contributed by atoms with van der Waals surface area (Å²) in [6.07, 6.45) is 0. The summed E-state index contributed by atoms with van der Waals surface area (Å²) in [5.41, 5.74) is 0. The van der Waals surface area contributed by atoms with Crippen LogP contribution in [0.3, 0.4) is 0 Å². The van der Waals surface area contributed by atoms with Crippen LogP contribution in [0, 0.1) is 0 Å². The van der Waals surface area contributed by atoms with Gasteiger partial charge in [-0.2, -0.15) is 8.42 Å². The average molecular weight is 3940 g/mol. The molecule has 0 rings (SSSR count). The van der Waals surface area contributed by atoms with Crippen molar-refractivity contribution in [3.05, 3.63) is 0 Å². The molecule has 0 fully saturated rings. The molecule has 0 bridgehead atoms. The maximum atomic E-state index is 12.8. The van der Waals surface area contributed by atoms with Crippen LogP contribution in [0.2, 0.25) is 0 Å². The van der Waals surface area contributed by atoms with Crippen molar-refractivity contribution in [1.82, 2.24) is 0 Å². The molecule has 0 heterocycles. The molecular formula is C22HBr45O3S. The number of hydrogen-bond donors (Lipinski definition) is 1. The molecule has 0 aromatic carbocycles. The molecule has 0 spiro atoms. The Hall–Kier alpha value is 21.5. The molecule has 0 aliphatic heterocycles. The second-order valence-corrected chi connectivity index (χ2v) is 94.7. The lowest BCUT2D eigenvalue weighted by atomic mass is 10.0. The largest absolute Gasteiger partial charge is 0.293 e. The van der Waals surface area contributed by atoms with E-state index in [1.807, 2.05) is 0 Å².